The number of aliphatic hydroxyl groups excluding tert-OH is 1. The standard InChI is InChI=1S/C16H21N5O2/c1-10-7-18-15(13-8-17-9-21(13)2)20-14(10)16(23)19-11-3-5-12(22)6-4-11/h7-9,11-12,22H,3-6H2,1-2H3,(H,19,23)/t11-,12-. The minimum atomic E-state index is -0.236. The maximum absolute atomic E-state index is 12.5. The summed E-state index contributed by atoms with van der Waals surface area (Å²) in [5, 5.41) is 12.6. The molecule has 2 aromatic heterocycles. The quantitative estimate of drug-likeness (QED) is 0.888. The molecule has 2 heterocycles. The van der Waals surface area contributed by atoms with Gasteiger partial charge in [0, 0.05) is 19.3 Å². The molecule has 7 nitrogen and oxygen atoms in total. The minimum absolute atomic E-state index is 0.0976. The second kappa shape index (κ2) is 6.45. The molecule has 122 valence electrons. The third kappa shape index (κ3) is 3.39. The third-order valence-corrected chi connectivity index (χ3v) is 4.26. The number of nitrogens with zero attached hydrogens (tertiary/aromatic N) is 4. The van der Waals surface area contributed by atoms with Gasteiger partial charge in [-0.3, -0.25) is 4.79 Å². The van der Waals surface area contributed by atoms with Gasteiger partial charge in [0.15, 0.2) is 5.82 Å². The molecule has 0 radical (unpaired) electrons. The Bertz CT molecular complexity index is 704. The molecule has 1 fully saturated rings. The Morgan fingerprint density at radius 2 is 2.04 bits per heavy atom. The van der Waals surface area contributed by atoms with Crippen LogP contribution in [0.1, 0.15) is 41.7 Å². The van der Waals surface area contributed by atoms with E-state index < -0.39 is 0 Å². The molecule has 7 heteroatoms. The average Bonchev–Trinajstić information content (AvgIpc) is 2.96. The van der Waals surface area contributed by atoms with Crippen LogP contribution < -0.4 is 5.32 Å². The third-order valence-electron chi connectivity index (χ3n) is 4.26. The Labute approximate surface area is 134 Å². The van der Waals surface area contributed by atoms with Gasteiger partial charge in [-0.15, -0.1) is 0 Å². The lowest BCUT2D eigenvalue weighted by atomic mass is 9.93. The summed E-state index contributed by atoms with van der Waals surface area (Å²) in [6.07, 6.45) is 7.83. The lowest BCUT2D eigenvalue weighted by molar-refractivity contribution is 0.0862. The molecule has 0 aromatic carbocycles. The van der Waals surface area contributed by atoms with Crippen LogP contribution in [0.5, 0.6) is 0 Å². The highest BCUT2D eigenvalue weighted by Gasteiger charge is 2.23. The van der Waals surface area contributed by atoms with Crippen LogP contribution >= 0.6 is 0 Å². The number of hydrogen-bond donors (Lipinski definition) is 2. The van der Waals surface area contributed by atoms with E-state index >= 15 is 0 Å². The van der Waals surface area contributed by atoms with Gasteiger partial charge >= 0.3 is 0 Å². The maximum Gasteiger partial charge on any atom is 0.270 e. The normalized spacial score (nSPS) is 21.2. The van der Waals surface area contributed by atoms with Gasteiger partial charge in [-0.25, -0.2) is 15.0 Å². The van der Waals surface area contributed by atoms with E-state index in [-0.39, 0.29) is 18.1 Å². The predicted octanol–water partition coefficient (Wildman–Crippen LogP) is 1.22. The van der Waals surface area contributed by atoms with Crippen molar-refractivity contribution in [2.75, 3.05) is 0 Å². The fourth-order valence-corrected chi connectivity index (χ4v) is 2.84. The summed E-state index contributed by atoms with van der Waals surface area (Å²) in [5.41, 5.74) is 1.89. The zero-order valence-electron chi connectivity index (χ0n) is 13.4. The molecular formula is C16H21N5O2. The van der Waals surface area contributed by atoms with Gasteiger partial charge in [0.1, 0.15) is 11.4 Å². The summed E-state index contributed by atoms with van der Waals surface area (Å²) in [6.45, 7) is 1.83. The van der Waals surface area contributed by atoms with Gasteiger partial charge in [-0.2, -0.15) is 0 Å². The number of carbonyl (C=O) groups is 1. The number of nitrogens with one attached hydrogen (secondary N) is 1. The fraction of sp³-hybridized carbons (Fsp3) is 0.500. The summed E-state index contributed by atoms with van der Waals surface area (Å²) in [7, 11) is 1.86. The van der Waals surface area contributed by atoms with Crippen molar-refractivity contribution in [2.45, 2.75) is 44.8 Å². The van der Waals surface area contributed by atoms with Crippen molar-refractivity contribution >= 4 is 5.91 Å². The van der Waals surface area contributed by atoms with Crippen LogP contribution in [0.15, 0.2) is 18.7 Å². The first-order valence-corrected chi connectivity index (χ1v) is 7.84. The molecule has 0 bridgehead atoms. The maximum atomic E-state index is 12.5. The first-order valence-electron chi connectivity index (χ1n) is 7.84. The number of hydrogen-bond acceptors (Lipinski definition) is 5. The smallest absolute Gasteiger partial charge is 0.270 e. The highest BCUT2D eigenvalue weighted by Crippen LogP contribution is 2.19. The largest absolute Gasteiger partial charge is 0.393 e. The van der Waals surface area contributed by atoms with Crippen LogP contribution in [0.4, 0.5) is 0 Å². The highest BCUT2D eigenvalue weighted by molar-refractivity contribution is 5.94. The molecule has 1 aliphatic carbocycles. The van der Waals surface area contributed by atoms with E-state index in [2.05, 4.69) is 20.3 Å². The summed E-state index contributed by atoms with van der Waals surface area (Å²) < 4.78 is 1.81. The van der Waals surface area contributed by atoms with Gasteiger partial charge < -0.3 is 15.0 Å². The first kappa shape index (κ1) is 15.6. The number of aromatic nitrogens is 4. The molecule has 1 amide bonds. The van der Waals surface area contributed by atoms with Gasteiger partial charge in [0.05, 0.1) is 18.6 Å². The molecular weight excluding hydrogens is 294 g/mol. The van der Waals surface area contributed by atoms with Crippen molar-refractivity contribution in [1.82, 2.24) is 24.8 Å². The Morgan fingerprint density at radius 3 is 2.70 bits per heavy atom. The van der Waals surface area contributed by atoms with Gasteiger partial charge in [0.2, 0.25) is 0 Å². The fourth-order valence-electron chi connectivity index (χ4n) is 2.84. The van der Waals surface area contributed by atoms with Gasteiger partial charge in [-0.05, 0) is 38.2 Å². The van der Waals surface area contributed by atoms with E-state index in [0.717, 1.165) is 36.9 Å². The SMILES string of the molecule is Cc1cnc(-c2cncn2C)nc1C(=O)N[C@H]1CC[C@H](O)CC1. The zero-order valence-corrected chi connectivity index (χ0v) is 13.4. The number of imidazole rings is 1. The lowest BCUT2D eigenvalue weighted by Crippen LogP contribution is -2.39. The first-order chi connectivity index (χ1) is 11.0. The number of aryl methyl sites for hydroxylation is 2. The molecule has 0 saturated heterocycles. The summed E-state index contributed by atoms with van der Waals surface area (Å²) in [6, 6.07) is 0.0976. The van der Waals surface area contributed by atoms with Crippen molar-refractivity contribution < 1.29 is 9.90 Å². The van der Waals surface area contributed by atoms with Crippen LogP contribution in [-0.2, 0) is 7.05 Å². The second-order valence-electron chi connectivity index (χ2n) is 6.09. The topological polar surface area (TPSA) is 92.9 Å². The van der Waals surface area contributed by atoms with Crippen LogP contribution in [0, 0.1) is 6.92 Å². The van der Waals surface area contributed by atoms with E-state index in [1.54, 1.807) is 18.7 Å². The number of rotatable bonds is 3. The van der Waals surface area contributed by atoms with Crippen molar-refractivity contribution in [3.05, 3.63) is 30.0 Å². The van der Waals surface area contributed by atoms with Crippen molar-refractivity contribution in [2.24, 2.45) is 7.05 Å². The number of carbonyl (C=O) groups excluding carboxylic acids is 1. The monoisotopic (exact) mass is 315 g/mol. The van der Waals surface area contributed by atoms with E-state index in [0.29, 0.717) is 11.5 Å². The molecule has 3 rings (SSSR count). The summed E-state index contributed by atoms with van der Waals surface area (Å²) in [4.78, 5) is 25.3. The van der Waals surface area contributed by atoms with E-state index in [1.165, 1.54) is 0 Å². The number of amides is 1. The molecule has 0 aliphatic heterocycles. The Morgan fingerprint density at radius 1 is 1.30 bits per heavy atom. The number of aliphatic hydroxyl groups is 1. The van der Waals surface area contributed by atoms with Crippen LogP contribution in [0.3, 0.4) is 0 Å². The molecule has 1 saturated carbocycles. The second-order valence-corrected chi connectivity index (χ2v) is 6.09. The molecule has 1 aliphatic rings. The van der Waals surface area contributed by atoms with Crippen molar-refractivity contribution in [1.29, 1.82) is 0 Å². The van der Waals surface area contributed by atoms with Crippen LogP contribution in [0.2, 0.25) is 0 Å². The average molecular weight is 315 g/mol. The molecule has 0 unspecified atom stereocenters. The minimum Gasteiger partial charge on any atom is -0.393 e. The van der Waals surface area contributed by atoms with Crippen molar-refractivity contribution in [3.8, 4) is 11.5 Å². The Hall–Kier alpha value is -2.28. The van der Waals surface area contributed by atoms with Crippen LogP contribution in [0.25, 0.3) is 11.5 Å². The molecule has 23 heavy (non-hydrogen) atoms. The van der Waals surface area contributed by atoms with Gasteiger partial charge in [0.25, 0.3) is 5.91 Å². The zero-order chi connectivity index (χ0) is 16.4. The van der Waals surface area contributed by atoms with Crippen LogP contribution in [-0.4, -0.2) is 42.7 Å². The summed E-state index contributed by atoms with van der Waals surface area (Å²) in [5.74, 6) is 0.300. The molecule has 0 spiro atoms. The highest BCUT2D eigenvalue weighted by atomic mass is 16.3. The Balaban J connectivity index is 1.79. The van der Waals surface area contributed by atoms with E-state index in [1.807, 2.05) is 18.5 Å². The molecule has 2 N–H and O–H groups in total. The van der Waals surface area contributed by atoms with E-state index in [4.69, 9.17) is 0 Å². The Kier molecular flexibility index (Phi) is 4.38. The van der Waals surface area contributed by atoms with Gasteiger partial charge in [-0.1, -0.05) is 0 Å². The van der Waals surface area contributed by atoms with E-state index in [9.17, 15) is 9.90 Å². The lowest BCUT2D eigenvalue weighted by Gasteiger charge is -2.26. The molecule has 2 aromatic rings. The summed E-state index contributed by atoms with van der Waals surface area (Å²) >= 11 is 0. The predicted molar refractivity (Wildman–Crippen MR) is 84.7 cm³/mol. The van der Waals surface area contributed by atoms with Crippen molar-refractivity contribution in [3.63, 3.8) is 0 Å². The molecule has 0 atom stereocenters.